The lowest BCUT2D eigenvalue weighted by molar-refractivity contribution is -0.114. The van der Waals surface area contributed by atoms with Crippen molar-refractivity contribution in [3.8, 4) is 5.75 Å². The van der Waals surface area contributed by atoms with Gasteiger partial charge in [-0.2, -0.15) is 0 Å². The largest absolute Gasteiger partial charge is 0.494 e. The predicted octanol–water partition coefficient (Wildman–Crippen LogP) is 4.84. The first-order valence-corrected chi connectivity index (χ1v) is 16.5. The molecule has 0 spiro atoms. The predicted molar refractivity (Wildman–Crippen MR) is 160 cm³/mol. The summed E-state index contributed by atoms with van der Waals surface area (Å²) in [6.45, 7) is 1.76. The molecule has 0 saturated heterocycles. The molecule has 0 unspecified atom stereocenters. The van der Waals surface area contributed by atoms with E-state index in [1.165, 1.54) is 60.4 Å². The minimum atomic E-state index is -4.12. The van der Waals surface area contributed by atoms with Crippen LogP contribution in [0.25, 0.3) is 0 Å². The summed E-state index contributed by atoms with van der Waals surface area (Å²) in [6.07, 6.45) is 3.35. The van der Waals surface area contributed by atoms with E-state index in [0.717, 1.165) is 9.20 Å². The lowest BCUT2D eigenvalue weighted by Crippen LogP contribution is -2.38. The van der Waals surface area contributed by atoms with E-state index in [0.29, 0.717) is 18.0 Å². The molecule has 0 aliphatic carbocycles. The Hall–Kier alpha value is -4.07. The summed E-state index contributed by atoms with van der Waals surface area (Å²) in [5.41, 5.74) is 0.569. The van der Waals surface area contributed by atoms with Crippen LogP contribution in [0.3, 0.4) is 0 Å². The van der Waals surface area contributed by atoms with Gasteiger partial charge >= 0.3 is 0 Å². The van der Waals surface area contributed by atoms with Gasteiger partial charge in [0.05, 0.1) is 22.1 Å². The molecule has 214 valence electrons. The summed E-state index contributed by atoms with van der Waals surface area (Å²) in [6, 6.07) is 23.1. The third-order valence-electron chi connectivity index (χ3n) is 5.72. The molecule has 0 radical (unpaired) electrons. The van der Waals surface area contributed by atoms with Crippen molar-refractivity contribution < 1.29 is 26.4 Å². The average molecular weight is 613 g/mol. The number of aromatic nitrogens is 1. The van der Waals surface area contributed by atoms with E-state index < -0.39 is 32.5 Å². The maximum atomic E-state index is 13.7. The molecular formula is C28H28N4O6S3. The summed E-state index contributed by atoms with van der Waals surface area (Å²) < 4.78 is 61.5. The smallest absolute Gasteiger partial charge is 0.264 e. The van der Waals surface area contributed by atoms with Gasteiger partial charge in [0.15, 0.2) is 0 Å². The molecule has 0 fully saturated rings. The number of sulfonamides is 2. The first-order valence-electron chi connectivity index (χ1n) is 12.4. The van der Waals surface area contributed by atoms with Gasteiger partial charge in [0.2, 0.25) is 5.91 Å². The minimum Gasteiger partial charge on any atom is -0.494 e. The number of carbonyl (C=O) groups excluding carboxylic acids is 1. The zero-order chi connectivity index (χ0) is 29.5. The Bertz CT molecular complexity index is 1680. The van der Waals surface area contributed by atoms with Crippen LogP contribution >= 0.6 is 11.8 Å². The van der Waals surface area contributed by atoms with Crippen molar-refractivity contribution in [1.82, 2.24) is 4.98 Å². The number of ether oxygens (including phenoxy) is 1. The fourth-order valence-electron chi connectivity index (χ4n) is 3.73. The van der Waals surface area contributed by atoms with E-state index in [-0.39, 0.29) is 21.3 Å². The van der Waals surface area contributed by atoms with Crippen molar-refractivity contribution in [3.05, 3.63) is 97.2 Å². The number of hydrogen-bond donors (Lipinski definition) is 2. The second-order valence-electron chi connectivity index (χ2n) is 8.51. The number of benzene rings is 3. The zero-order valence-corrected chi connectivity index (χ0v) is 24.7. The van der Waals surface area contributed by atoms with Crippen LogP contribution in [0.5, 0.6) is 5.75 Å². The van der Waals surface area contributed by atoms with Crippen molar-refractivity contribution in [1.29, 1.82) is 0 Å². The highest BCUT2D eigenvalue weighted by Crippen LogP contribution is 2.27. The topological polar surface area (TPSA) is 135 Å². The summed E-state index contributed by atoms with van der Waals surface area (Å²) in [7, 11) is -8.02. The van der Waals surface area contributed by atoms with Gasteiger partial charge in [0.1, 0.15) is 18.1 Å². The lowest BCUT2D eigenvalue weighted by atomic mass is 10.3. The molecule has 0 aliphatic rings. The molecule has 1 aromatic heterocycles. The van der Waals surface area contributed by atoms with Crippen LogP contribution in [-0.4, -0.2) is 47.1 Å². The van der Waals surface area contributed by atoms with Gasteiger partial charge in [-0.15, -0.1) is 11.8 Å². The number of rotatable bonds is 12. The van der Waals surface area contributed by atoms with Crippen LogP contribution in [0.4, 0.5) is 17.2 Å². The maximum absolute atomic E-state index is 13.7. The first-order chi connectivity index (χ1) is 19.6. The van der Waals surface area contributed by atoms with Gasteiger partial charge in [0.25, 0.3) is 20.0 Å². The fraction of sp³-hybridized carbons (Fsp3) is 0.143. The summed E-state index contributed by atoms with van der Waals surface area (Å²) in [5.74, 6) is 0.115. The van der Waals surface area contributed by atoms with Gasteiger partial charge in [0, 0.05) is 16.8 Å². The third-order valence-corrected chi connectivity index (χ3v) is 9.62. The van der Waals surface area contributed by atoms with Crippen LogP contribution in [0.2, 0.25) is 0 Å². The van der Waals surface area contributed by atoms with Crippen LogP contribution in [0.1, 0.15) is 6.92 Å². The molecule has 0 aliphatic heterocycles. The monoisotopic (exact) mass is 612 g/mol. The molecule has 1 heterocycles. The highest BCUT2D eigenvalue weighted by Gasteiger charge is 2.27. The quantitative estimate of drug-likeness (QED) is 0.217. The van der Waals surface area contributed by atoms with Gasteiger partial charge < -0.3 is 10.1 Å². The Morgan fingerprint density at radius 2 is 1.54 bits per heavy atom. The molecule has 0 saturated carbocycles. The lowest BCUT2D eigenvalue weighted by Gasteiger charge is -2.24. The second kappa shape index (κ2) is 13.1. The summed E-state index contributed by atoms with van der Waals surface area (Å²) >= 11 is 1.48. The fourth-order valence-corrected chi connectivity index (χ4v) is 6.57. The normalized spacial score (nSPS) is 11.5. The van der Waals surface area contributed by atoms with E-state index in [4.69, 9.17) is 4.74 Å². The Morgan fingerprint density at radius 3 is 2.12 bits per heavy atom. The number of nitrogens with zero attached hydrogens (tertiary/aromatic N) is 2. The van der Waals surface area contributed by atoms with Gasteiger partial charge in [-0.25, -0.2) is 21.8 Å². The van der Waals surface area contributed by atoms with Gasteiger partial charge in [-0.3, -0.25) is 13.8 Å². The van der Waals surface area contributed by atoms with Crippen molar-refractivity contribution in [2.24, 2.45) is 0 Å². The van der Waals surface area contributed by atoms with Crippen molar-refractivity contribution in [2.45, 2.75) is 21.6 Å². The number of amides is 1. The molecular weight excluding hydrogens is 585 g/mol. The van der Waals surface area contributed by atoms with E-state index in [9.17, 15) is 21.6 Å². The highest BCUT2D eigenvalue weighted by molar-refractivity contribution is 7.98. The SMILES string of the molecule is CCOc1ccc(N(CC(=O)Nc2ccc(S(=O)(=O)Nc3ccccn3)cc2)S(=O)(=O)c2ccc(SC)cc2)cc1. The molecule has 41 heavy (non-hydrogen) atoms. The molecule has 0 atom stereocenters. The number of carbonyl (C=O) groups is 1. The van der Waals surface area contributed by atoms with E-state index in [2.05, 4.69) is 15.0 Å². The van der Waals surface area contributed by atoms with E-state index in [1.54, 1.807) is 48.5 Å². The summed E-state index contributed by atoms with van der Waals surface area (Å²) in [4.78, 5) is 17.9. The number of pyridine rings is 1. The molecule has 0 bridgehead atoms. The molecule has 10 nitrogen and oxygen atoms in total. The third kappa shape index (κ3) is 7.57. The standard InChI is InChI=1S/C28H28N4O6S3/c1-3-38-23-11-9-22(10-12-23)32(41(36,37)26-17-13-24(39-2)14-18-26)20-28(33)30-21-7-15-25(16-8-21)40(34,35)31-27-6-4-5-19-29-27/h4-19H,3,20H2,1-2H3,(H,29,31)(H,30,33). The number of anilines is 3. The number of hydrogen-bond acceptors (Lipinski definition) is 8. The second-order valence-corrected chi connectivity index (χ2v) is 12.9. The highest BCUT2D eigenvalue weighted by atomic mass is 32.2. The molecule has 4 aromatic rings. The number of nitrogens with one attached hydrogen (secondary N) is 2. The van der Waals surface area contributed by atoms with E-state index in [1.807, 2.05) is 13.2 Å². The Balaban J connectivity index is 1.54. The summed E-state index contributed by atoms with van der Waals surface area (Å²) in [5, 5.41) is 2.64. The maximum Gasteiger partial charge on any atom is 0.264 e. The van der Waals surface area contributed by atoms with Crippen molar-refractivity contribution >= 4 is 54.9 Å². The van der Waals surface area contributed by atoms with Crippen LogP contribution in [0.15, 0.2) is 112 Å². The molecule has 4 rings (SSSR count). The number of thioether (sulfide) groups is 1. The average Bonchev–Trinajstić information content (AvgIpc) is 2.97. The van der Waals surface area contributed by atoms with Gasteiger partial charge in [-0.05, 0) is 98.1 Å². The molecule has 1 amide bonds. The minimum absolute atomic E-state index is 0.0339. The van der Waals surface area contributed by atoms with Crippen LogP contribution in [-0.2, 0) is 24.8 Å². The van der Waals surface area contributed by atoms with Crippen LogP contribution in [0, 0.1) is 0 Å². The molecule has 13 heteroatoms. The van der Waals surface area contributed by atoms with Crippen molar-refractivity contribution in [3.63, 3.8) is 0 Å². The Labute approximate surface area is 243 Å². The van der Waals surface area contributed by atoms with Gasteiger partial charge in [-0.1, -0.05) is 6.07 Å². The Kier molecular flexibility index (Phi) is 9.53. The van der Waals surface area contributed by atoms with Crippen molar-refractivity contribution in [2.75, 3.05) is 33.8 Å². The molecule has 3 aromatic carbocycles. The zero-order valence-electron chi connectivity index (χ0n) is 22.2. The van der Waals surface area contributed by atoms with Crippen LogP contribution < -0.4 is 19.1 Å². The Morgan fingerprint density at radius 1 is 0.878 bits per heavy atom. The van der Waals surface area contributed by atoms with E-state index >= 15 is 0 Å². The first kappa shape index (κ1) is 29.9. The molecule has 2 N–H and O–H groups in total.